The number of carbonyl (C=O) groups is 2. The number of esters is 1. The summed E-state index contributed by atoms with van der Waals surface area (Å²) in [4.78, 5) is 27.4. The molecule has 0 aliphatic carbocycles. The predicted octanol–water partition coefficient (Wildman–Crippen LogP) is 2.74. The van der Waals surface area contributed by atoms with Crippen molar-refractivity contribution < 1.29 is 27.1 Å². The standard InChI is InChI=1S/C21H20FN3O5S/c1-13(25-31(28,29)17-8-6-16(7-9-17)24-14(2)26)21(27)30-12-15-5-10-19(22)18-4-3-11-23-20(15)18/h3-11,13,25H,12H2,1-2H3,(H,24,26)/t13-/m0/s1. The molecule has 0 radical (unpaired) electrons. The first-order valence-electron chi connectivity index (χ1n) is 9.26. The molecule has 3 aromatic rings. The van der Waals surface area contributed by atoms with Gasteiger partial charge in [-0.05, 0) is 49.4 Å². The van der Waals surface area contributed by atoms with Gasteiger partial charge in [0.25, 0.3) is 0 Å². The first kappa shape index (κ1) is 22.3. The number of halogens is 1. The van der Waals surface area contributed by atoms with Gasteiger partial charge < -0.3 is 10.1 Å². The molecule has 1 amide bonds. The number of sulfonamides is 1. The highest BCUT2D eigenvalue weighted by atomic mass is 32.2. The Bertz CT molecular complexity index is 1230. The van der Waals surface area contributed by atoms with E-state index in [0.717, 1.165) is 0 Å². The molecule has 0 unspecified atom stereocenters. The van der Waals surface area contributed by atoms with Crippen LogP contribution in [0.3, 0.4) is 0 Å². The van der Waals surface area contributed by atoms with Crippen molar-refractivity contribution in [3.8, 4) is 0 Å². The van der Waals surface area contributed by atoms with Crippen LogP contribution in [0, 0.1) is 5.82 Å². The van der Waals surface area contributed by atoms with E-state index >= 15 is 0 Å². The van der Waals surface area contributed by atoms with Gasteiger partial charge in [-0.2, -0.15) is 4.72 Å². The fourth-order valence-corrected chi connectivity index (χ4v) is 4.05. The molecule has 1 heterocycles. The van der Waals surface area contributed by atoms with Gasteiger partial charge in [0.15, 0.2) is 0 Å². The van der Waals surface area contributed by atoms with E-state index in [1.54, 1.807) is 12.1 Å². The lowest BCUT2D eigenvalue weighted by atomic mass is 10.1. The summed E-state index contributed by atoms with van der Waals surface area (Å²) in [7, 11) is -4.00. The number of ether oxygens (including phenoxy) is 1. The highest BCUT2D eigenvalue weighted by Crippen LogP contribution is 2.20. The summed E-state index contributed by atoms with van der Waals surface area (Å²) in [6, 6.07) is 10.2. The first-order chi connectivity index (χ1) is 14.7. The van der Waals surface area contributed by atoms with Gasteiger partial charge in [-0.15, -0.1) is 0 Å². The van der Waals surface area contributed by atoms with Crippen molar-refractivity contribution in [2.45, 2.75) is 31.4 Å². The molecule has 0 bridgehead atoms. The molecule has 0 aliphatic rings. The lowest BCUT2D eigenvalue weighted by Crippen LogP contribution is -2.39. The summed E-state index contributed by atoms with van der Waals surface area (Å²) < 4.78 is 46.4. The lowest BCUT2D eigenvalue weighted by molar-refractivity contribution is -0.146. The van der Waals surface area contributed by atoms with Crippen molar-refractivity contribution in [3.63, 3.8) is 0 Å². The topological polar surface area (TPSA) is 114 Å². The average Bonchev–Trinajstić information content (AvgIpc) is 2.73. The van der Waals surface area contributed by atoms with Crippen molar-refractivity contribution >= 4 is 38.5 Å². The Hall–Kier alpha value is -3.37. The molecule has 2 N–H and O–H groups in total. The second-order valence-electron chi connectivity index (χ2n) is 6.76. The Morgan fingerprint density at radius 2 is 1.84 bits per heavy atom. The molecule has 1 atom stereocenters. The van der Waals surface area contributed by atoms with Crippen molar-refractivity contribution in [2.24, 2.45) is 0 Å². The fraction of sp³-hybridized carbons (Fsp3) is 0.190. The predicted molar refractivity (Wildman–Crippen MR) is 112 cm³/mol. The highest BCUT2D eigenvalue weighted by molar-refractivity contribution is 7.89. The van der Waals surface area contributed by atoms with Crippen LogP contribution < -0.4 is 10.0 Å². The summed E-state index contributed by atoms with van der Waals surface area (Å²) in [5.41, 5.74) is 1.30. The van der Waals surface area contributed by atoms with Crippen LogP contribution >= 0.6 is 0 Å². The third kappa shape index (κ3) is 5.41. The molecule has 0 fully saturated rings. The van der Waals surface area contributed by atoms with E-state index in [9.17, 15) is 22.4 Å². The highest BCUT2D eigenvalue weighted by Gasteiger charge is 2.23. The van der Waals surface area contributed by atoms with Crippen molar-refractivity contribution in [1.29, 1.82) is 0 Å². The average molecular weight is 445 g/mol. The minimum absolute atomic E-state index is 0.0741. The Morgan fingerprint density at radius 1 is 1.13 bits per heavy atom. The number of benzene rings is 2. The lowest BCUT2D eigenvalue weighted by Gasteiger charge is -2.15. The summed E-state index contributed by atoms with van der Waals surface area (Å²) >= 11 is 0. The summed E-state index contributed by atoms with van der Waals surface area (Å²) in [6.45, 7) is 2.50. The zero-order valence-corrected chi connectivity index (χ0v) is 17.6. The zero-order chi connectivity index (χ0) is 22.6. The second-order valence-corrected chi connectivity index (χ2v) is 8.48. The van der Waals surface area contributed by atoms with Gasteiger partial charge in [0.2, 0.25) is 15.9 Å². The fourth-order valence-electron chi connectivity index (χ4n) is 2.86. The number of fused-ring (bicyclic) bond motifs is 1. The molecule has 0 aliphatic heterocycles. The monoisotopic (exact) mass is 445 g/mol. The van der Waals surface area contributed by atoms with Crippen LogP contribution in [0.4, 0.5) is 10.1 Å². The third-order valence-electron chi connectivity index (χ3n) is 4.34. The smallest absolute Gasteiger partial charge is 0.324 e. The minimum atomic E-state index is -4.00. The summed E-state index contributed by atoms with van der Waals surface area (Å²) in [6.07, 6.45) is 1.50. The molecule has 8 nitrogen and oxygen atoms in total. The number of carbonyl (C=O) groups excluding carboxylic acids is 2. The minimum Gasteiger partial charge on any atom is -0.460 e. The Kier molecular flexibility index (Phi) is 6.62. The molecule has 162 valence electrons. The van der Waals surface area contributed by atoms with Crippen LogP contribution in [0.5, 0.6) is 0 Å². The Balaban J connectivity index is 1.65. The Morgan fingerprint density at radius 3 is 2.52 bits per heavy atom. The van der Waals surface area contributed by atoms with Crippen LogP contribution in [0.1, 0.15) is 19.4 Å². The molecule has 1 aromatic heterocycles. The van der Waals surface area contributed by atoms with Crippen LogP contribution in [0.25, 0.3) is 10.9 Å². The molecular formula is C21H20FN3O5S. The van der Waals surface area contributed by atoms with Crippen molar-refractivity contribution in [2.75, 3.05) is 5.32 Å². The van der Waals surface area contributed by atoms with Gasteiger partial charge in [-0.1, -0.05) is 6.07 Å². The number of rotatable bonds is 7. The van der Waals surface area contributed by atoms with Crippen LogP contribution in [0.2, 0.25) is 0 Å². The number of amides is 1. The molecule has 10 heteroatoms. The molecular weight excluding hydrogens is 425 g/mol. The first-order valence-corrected chi connectivity index (χ1v) is 10.7. The Labute approximate surface area is 178 Å². The van der Waals surface area contributed by atoms with E-state index in [1.807, 2.05) is 0 Å². The third-order valence-corrected chi connectivity index (χ3v) is 5.90. The summed E-state index contributed by atoms with van der Waals surface area (Å²) in [5, 5.41) is 2.83. The molecule has 2 aromatic carbocycles. The number of hydrogen-bond acceptors (Lipinski definition) is 6. The van der Waals surface area contributed by atoms with E-state index in [2.05, 4.69) is 15.0 Å². The normalized spacial score (nSPS) is 12.4. The van der Waals surface area contributed by atoms with E-state index in [4.69, 9.17) is 4.74 Å². The number of pyridine rings is 1. The molecule has 0 saturated heterocycles. The maximum atomic E-state index is 13.9. The van der Waals surface area contributed by atoms with Gasteiger partial charge in [0.1, 0.15) is 18.5 Å². The van der Waals surface area contributed by atoms with Crippen LogP contribution in [-0.4, -0.2) is 31.3 Å². The van der Waals surface area contributed by atoms with E-state index < -0.39 is 27.9 Å². The SMILES string of the molecule is CC(=O)Nc1ccc(S(=O)(=O)N[C@@H](C)C(=O)OCc2ccc(F)c3cccnc23)cc1. The van der Waals surface area contributed by atoms with Gasteiger partial charge in [0.05, 0.1) is 10.4 Å². The molecule has 3 rings (SSSR count). The zero-order valence-electron chi connectivity index (χ0n) is 16.8. The van der Waals surface area contributed by atoms with E-state index in [0.29, 0.717) is 22.2 Å². The number of aromatic nitrogens is 1. The van der Waals surface area contributed by atoms with Crippen LogP contribution in [0.15, 0.2) is 59.6 Å². The largest absolute Gasteiger partial charge is 0.460 e. The van der Waals surface area contributed by atoms with E-state index in [-0.39, 0.29) is 17.4 Å². The van der Waals surface area contributed by atoms with Crippen molar-refractivity contribution in [1.82, 2.24) is 9.71 Å². The molecule has 0 saturated carbocycles. The molecule has 0 spiro atoms. The number of hydrogen-bond donors (Lipinski definition) is 2. The number of nitrogens with zero attached hydrogens (tertiary/aromatic N) is 1. The second kappa shape index (κ2) is 9.19. The van der Waals surface area contributed by atoms with Gasteiger partial charge in [-0.3, -0.25) is 14.6 Å². The van der Waals surface area contributed by atoms with Gasteiger partial charge >= 0.3 is 5.97 Å². The van der Waals surface area contributed by atoms with E-state index in [1.165, 1.54) is 56.4 Å². The van der Waals surface area contributed by atoms with Gasteiger partial charge in [-0.25, -0.2) is 12.8 Å². The quantitative estimate of drug-likeness (QED) is 0.541. The number of nitrogens with one attached hydrogen (secondary N) is 2. The number of anilines is 1. The summed E-state index contributed by atoms with van der Waals surface area (Å²) in [5.74, 6) is -1.52. The maximum absolute atomic E-state index is 13.9. The molecule has 31 heavy (non-hydrogen) atoms. The maximum Gasteiger partial charge on any atom is 0.324 e. The van der Waals surface area contributed by atoms with Crippen LogP contribution in [-0.2, 0) is 31.0 Å². The van der Waals surface area contributed by atoms with Gasteiger partial charge in [0, 0.05) is 29.8 Å². The van der Waals surface area contributed by atoms with Crippen molar-refractivity contribution in [3.05, 3.63) is 66.1 Å².